The predicted molar refractivity (Wildman–Crippen MR) is 86.9 cm³/mol. The number of ether oxygens (including phenoxy) is 1. The first-order chi connectivity index (χ1) is 11.1. The Morgan fingerprint density at radius 2 is 2.26 bits per heavy atom. The maximum Gasteiger partial charge on any atom is 0.310 e. The molecule has 0 bridgehead atoms. The Hall–Kier alpha value is -2.12. The second-order valence-electron chi connectivity index (χ2n) is 5.66. The lowest BCUT2D eigenvalue weighted by atomic mass is 9.98. The molecule has 23 heavy (non-hydrogen) atoms. The second-order valence-corrected chi connectivity index (χ2v) is 5.66. The van der Waals surface area contributed by atoms with Crippen molar-refractivity contribution in [3.63, 3.8) is 0 Å². The van der Waals surface area contributed by atoms with E-state index in [0.29, 0.717) is 19.7 Å². The fourth-order valence-electron chi connectivity index (χ4n) is 2.72. The van der Waals surface area contributed by atoms with Gasteiger partial charge in [0.1, 0.15) is 5.82 Å². The Bertz CT molecular complexity index is 568. The molecule has 1 aromatic rings. The Morgan fingerprint density at radius 1 is 1.48 bits per heavy atom. The normalized spacial score (nSPS) is 18.9. The molecule has 0 saturated carbocycles. The predicted octanol–water partition coefficient (Wildman–Crippen LogP) is 0.474. The van der Waals surface area contributed by atoms with Crippen molar-refractivity contribution in [3.8, 4) is 0 Å². The summed E-state index contributed by atoms with van der Waals surface area (Å²) in [6, 6.07) is 0. The van der Waals surface area contributed by atoms with Crippen LogP contribution in [0.25, 0.3) is 0 Å². The molecule has 1 N–H and O–H groups in total. The molecule has 0 aromatic carbocycles. The molecule has 0 radical (unpaired) electrons. The number of rotatable bonds is 4. The van der Waals surface area contributed by atoms with Crippen LogP contribution < -0.4 is 5.32 Å². The van der Waals surface area contributed by atoms with E-state index in [4.69, 9.17) is 4.74 Å². The molecular formula is C15H26N6O2. The van der Waals surface area contributed by atoms with E-state index in [1.54, 1.807) is 7.05 Å². The third-order valence-corrected chi connectivity index (χ3v) is 4.14. The molecule has 0 aliphatic carbocycles. The summed E-state index contributed by atoms with van der Waals surface area (Å²) in [6.45, 7) is 6.24. The molecular weight excluding hydrogens is 296 g/mol. The Kier molecular flexibility index (Phi) is 5.95. The van der Waals surface area contributed by atoms with Gasteiger partial charge in [-0.25, -0.2) is 0 Å². The first-order valence-corrected chi connectivity index (χ1v) is 8.03. The number of carbonyl (C=O) groups is 1. The summed E-state index contributed by atoms with van der Waals surface area (Å²) in [5, 5.41) is 11.5. The van der Waals surface area contributed by atoms with Gasteiger partial charge in [-0.1, -0.05) is 0 Å². The average molecular weight is 322 g/mol. The summed E-state index contributed by atoms with van der Waals surface area (Å²) in [5.41, 5.74) is 0. The number of nitrogens with one attached hydrogen (secondary N) is 1. The van der Waals surface area contributed by atoms with E-state index in [1.807, 2.05) is 25.5 Å². The molecule has 8 heteroatoms. The quantitative estimate of drug-likeness (QED) is 0.493. The summed E-state index contributed by atoms with van der Waals surface area (Å²) >= 11 is 0. The highest BCUT2D eigenvalue weighted by molar-refractivity contribution is 5.81. The fourth-order valence-corrected chi connectivity index (χ4v) is 2.72. The molecule has 2 rings (SSSR count). The smallest absolute Gasteiger partial charge is 0.310 e. The summed E-state index contributed by atoms with van der Waals surface area (Å²) in [7, 11) is 3.69. The lowest BCUT2D eigenvalue weighted by Gasteiger charge is -2.33. The van der Waals surface area contributed by atoms with Crippen LogP contribution in [0.1, 0.15) is 31.4 Å². The molecule has 1 saturated heterocycles. The van der Waals surface area contributed by atoms with Crippen LogP contribution in [0.5, 0.6) is 0 Å². The van der Waals surface area contributed by atoms with Gasteiger partial charge in [0.15, 0.2) is 11.8 Å². The first kappa shape index (κ1) is 17.2. The van der Waals surface area contributed by atoms with Gasteiger partial charge in [0.05, 0.1) is 19.1 Å². The van der Waals surface area contributed by atoms with Crippen molar-refractivity contribution in [2.75, 3.05) is 26.7 Å². The Balaban J connectivity index is 1.95. The van der Waals surface area contributed by atoms with Gasteiger partial charge >= 0.3 is 5.97 Å². The standard InChI is InChI=1S/C15H26N6O2/c1-5-23-14(22)12-7-6-8-21(10-12)15(16-3)17-9-13-19-18-11(2)20(13)4/h12H,5-10H2,1-4H3,(H,16,17). The topological polar surface area (TPSA) is 84.6 Å². The van der Waals surface area contributed by atoms with E-state index < -0.39 is 0 Å². The minimum Gasteiger partial charge on any atom is -0.466 e. The lowest BCUT2D eigenvalue weighted by molar-refractivity contribution is -0.149. The van der Waals surface area contributed by atoms with Gasteiger partial charge in [0.25, 0.3) is 0 Å². The summed E-state index contributed by atoms with van der Waals surface area (Å²) in [5.74, 6) is 2.30. The van der Waals surface area contributed by atoms with Crippen LogP contribution in [-0.4, -0.2) is 58.3 Å². The zero-order valence-electron chi connectivity index (χ0n) is 14.4. The van der Waals surface area contributed by atoms with E-state index in [2.05, 4.69) is 25.4 Å². The summed E-state index contributed by atoms with van der Waals surface area (Å²) in [6.07, 6.45) is 1.82. The number of hydrogen-bond donors (Lipinski definition) is 1. The monoisotopic (exact) mass is 322 g/mol. The van der Waals surface area contributed by atoms with Crippen molar-refractivity contribution in [3.05, 3.63) is 11.6 Å². The molecule has 0 amide bonds. The molecule has 1 unspecified atom stereocenters. The third kappa shape index (κ3) is 4.20. The fraction of sp³-hybridized carbons (Fsp3) is 0.733. The minimum absolute atomic E-state index is 0.0840. The van der Waals surface area contributed by atoms with Crippen LogP contribution >= 0.6 is 0 Å². The van der Waals surface area contributed by atoms with Crippen molar-refractivity contribution in [2.45, 2.75) is 33.2 Å². The van der Waals surface area contributed by atoms with E-state index in [0.717, 1.165) is 37.0 Å². The van der Waals surface area contributed by atoms with Crippen LogP contribution in [0.3, 0.4) is 0 Å². The number of hydrogen-bond acceptors (Lipinski definition) is 5. The number of carbonyl (C=O) groups excluding carboxylic acids is 1. The molecule has 1 aromatic heterocycles. The van der Waals surface area contributed by atoms with E-state index in [9.17, 15) is 4.79 Å². The molecule has 1 aliphatic heterocycles. The van der Waals surface area contributed by atoms with Crippen molar-refractivity contribution in [2.24, 2.45) is 18.0 Å². The minimum atomic E-state index is -0.114. The number of esters is 1. The van der Waals surface area contributed by atoms with Gasteiger partial charge in [0.2, 0.25) is 0 Å². The first-order valence-electron chi connectivity index (χ1n) is 8.03. The molecule has 0 spiro atoms. The van der Waals surface area contributed by atoms with Gasteiger partial charge in [-0.3, -0.25) is 9.79 Å². The van der Waals surface area contributed by atoms with Crippen LogP contribution in [0, 0.1) is 12.8 Å². The number of likely N-dealkylation sites (tertiary alicyclic amines) is 1. The number of nitrogens with zero attached hydrogens (tertiary/aromatic N) is 5. The van der Waals surface area contributed by atoms with E-state index in [-0.39, 0.29) is 11.9 Å². The van der Waals surface area contributed by atoms with Gasteiger partial charge in [-0.15, -0.1) is 10.2 Å². The zero-order valence-corrected chi connectivity index (χ0v) is 14.4. The van der Waals surface area contributed by atoms with Gasteiger partial charge in [-0.05, 0) is 26.7 Å². The van der Waals surface area contributed by atoms with Crippen LogP contribution in [-0.2, 0) is 23.1 Å². The van der Waals surface area contributed by atoms with Crippen LogP contribution in [0.15, 0.2) is 4.99 Å². The van der Waals surface area contributed by atoms with E-state index >= 15 is 0 Å². The third-order valence-electron chi connectivity index (χ3n) is 4.14. The number of piperidine rings is 1. The summed E-state index contributed by atoms with van der Waals surface area (Å²) < 4.78 is 7.09. The molecule has 1 fully saturated rings. The highest BCUT2D eigenvalue weighted by Crippen LogP contribution is 2.18. The number of aryl methyl sites for hydroxylation is 1. The van der Waals surface area contributed by atoms with Crippen LogP contribution in [0.4, 0.5) is 0 Å². The Labute approximate surface area is 136 Å². The highest BCUT2D eigenvalue weighted by Gasteiger charge is 2.28. The SMILES string of the molecule is CCOC(=O)C1CCCN(C(=NC)NCc2nnc(C)n2C)C1. The summed E-state index contributed by atoms with van der Waals surface area (Å²) in [4.78, 5) is 18.4. The van der Waals surface area contributed by atoms with E-state index in [1.165, 1.54) is 0 Å². The zero-order chi connectivity index (χ0) is 16.8. The molecule has 128 valence electrons. The highest BCUT2D eigenvalue weighted by atomic mass is 16.5. The van der Waals surface area contributed by atoms with Crippen molar-refractivity contribution < 1.29 is 9.53 Å². The van der Waals surface area contributed by atoms with Gasteiger partial charge < -0.3 is 19.5 Å². The van der Waals surface area contributed by atoms with Gasteiger partial charge in [0, 0.05) is 27.2 Å². The largest absolute Gasteiger partial charge is 0.466 e. The number of aromatic nitrogens is 3. The maximum absolute atomic E-state index is 12.0. The second kappa shape index (κ2) is 7.94. The molecule has 8 nitrogen and oxygen atoms in total. The lowest BCUT2D eigenvalue weighted by Crippen LogP contribution is -2.48. The average Bonchev–Trinajstić information content (AvgIpc) is 2.88. The van der Waals surface area contributed by atoms with Crippen molar-refractivity contribution >= 4 is 11.9 Å². The van der Waals surface area contributed by atoms with Crippen molar-refractivity contribution in [1.29, 1.82) is 0 Å². The number of guanidine groups is 1. The van der Waals surface area contributed by atoms with Crippen LogP contribution in [0.2, 0.25) is 0 Å². The van der Waals surface area contributed by atoms with Crippen molar-refractivity contribution in [1.82, 2.24) is 25.0 Å². The molecule has 1 aliphatic rings. The molecule has 2 heterocycles. The molecule has 1 atom stereocenters. The van der Waals surface area contributed by atoms with Gasteiger partial charge in [-0.2, -0.15) is 0 Å². The number of aliphatic imine (C=N–C) groups is 1. The Morgan fingerprint density at radius 3 is 2.87 bits per heavy atom. The maximum atomic E-state index is 12.0.